The predicted octanol–water partition coefficient (Wildman–Crippen LogP) is 4.84. The summed E-state index contributed by atoms with van der Waals surface area (Å²) in [5.41, 5.74) is 2.30. The highest BCUT2D eigenvalue weighted by atomic mass is 35.5. The van der Waals surface area contributed by atoms with Crippen LogP contribution < -0.4 is 5.32 Å². The minimum Gasteiger partial charge on any atom is -0.317 e. The molecule has 2 fully saturated rings. The molecule has 0 atom stereocenters. The van der Waals surface area contributed by atoms with Crippen molar-refractivity contribution in [3.05, 3.63) is 35.4 Å². The Bertz CT molecular complexity index is 463. The molecule has 1 aliphatic carbocycles. The average molecular weight is 358 g/mol. The van der Waals surface area contributed by atoms with E-state index in [-0.39, 0.29) is 30.7 Å². The highest BCUT2D eigenvalue weighted by Gasteiger charge is 2.22. The summed E-state index contributed by atoms with van der Waals surface area (Å²) in [6.45, 7) is 1.96. The van der Waals surface area contributed by atoms with Crippen molar-refractivity contribution in [3.63, 3.8) is 0 Å². The number of hydrogen-bond acceptors (Lipinski definition) is 2. The molecule has 0 unspecified atom stereocenters. The third-order valence-corrected chi connectivity index (χ3v) is 5.26. The van der Waals surface area contributed by atoms with Crippen molar-refractivity contribution in [2.45, 2.75) is 51.4 Å². The number of carbonyl (C=O) groups excluding carboxylic acids is 1. The molecule has 1 aromatic rings. The number of rotatable bonds is 5. The first-order chi connectivity index (χ1) is 10.3. The average Bonchev–Trinajstić information content (AvgIpc) is 3.07. The molecule has 130 valence electrons. The summed E-state index contributed by atoms with van der Waals surface area (Å²) in [6.07, 6.45) is 10.2. The van der Waals surface area contributed by atoms with E-state index in [0.717, 1.165) is 37.4 Å². The van der Waals surface area contributed by atoms with E-state index in [4.69, 9.17) is 0 Å². The van der Waals surface area contributed by atoms with Crippen molar-refractivity contribution in [1.82, 2.24) is 5.32 Å². The number of aryl methyl sites for hydroxylation is 1. The smallest absolute Gasteiger partial charge is 0.166 e. The molecule has 1 saturated carbocycles. The predicted molar refractivity (Wildman–Crippen MR) is 101 cm³/mol. The fourth-order valence-electron chi connectivity index (χ4n) is 3.83. The second-order valence-corrected chi connectivity index (χ2v) is 6.77. The number of benzene rings is 1. The Morgan fingerprint density at radius 1 is 0.957 bits per heavy atom. The first-order valence-corrected chi connectivity index (χ1v) is 8.67. The van der Waals surface area contributed by atoms with Gasteiger partial charge in [-0.15, -0.1) is 24.8 Å². The summed E-state index contributed by atoms with van der Waals surface area (Å²) in [7, 11) is 0. The second-order valence-electron chi connectivity index (χ2n) is 6.77. The molecule has 2 aliphatic rings. The van der Waals surface area contributed by atoms with Crippen molar-refractivity contribution < 1.29 is 4.79 Å². The van der Waals surface area contributed by atoms with E-state index < -0.39 is 0 Å². The maximum Gasteiger partial charge on any atom is 0.166 e. The van der Waals surface area contributed by atoms with Gasteiger partial charge in [-0.2, -0.15) is 0 Å². The van der Waals surface area contributed by atoms with E-state index in [0.29, 0.717) is 5.78 Å². The van der Waals surface area contributed by atoms with Crippen LogP contribution in [0.2, 0.25) is 0 Å². The molecule has 0 amide bonds. The van der Waals surface area contributed by atoms with E-state index >= 15 is 0 Å². The molecule has 0 radical (unpaired) electrons. The van der Waals surface area contributed by atoms with E-state index in [1.54, 1.807) is 0 Å². The molecule has 1 aliphatic heterocycles. The molecule has 3 rings (SSSR count). The van der Waals surface area contributed by atoms with Crippen LogP contribution in [-0.4, -0.2) is 18.9 Å². The van der Waals surface area contributed by atoms with Crippen molar-refractivity contribution in [2.24, 2.45) is 11.8 Å². The lowest BCUT2D eigenvalue weighted by Crippen LogP contribution is -2.31. The van der Waals surface area contributed by atoms with Crippen LogP contribution >= 0.6 is 24.8 Å². The topological polar surface area (TPSA) is 29.1 Å². The Morgan fingerprint density at radius 2 is 1.57 bits per heavy atom. The summed E-state index contributed by atoms with van der Waals surface area (Å²) in [6, 6.07) is 8.44. The Kier molecular flexibility index (Phi) is 9.19. The summed E-state index contributed by atoms with van der Waals surface area (Å²) in [5.74, 6) is 1.52. The Morgan fingerprint density at radius 3 is 2.17 bits per heavy atom. The zero-order valence-corrected chi connectivity index (χ0v) is 15.4. The molecular weight excluding hydrogens is 329 g/mol. The van der Waals surface area contributed by atoms with Crippen LogP contribution in [0.3, 0.4) is 0 Å². The van der Waals surface area contributed by atoms with Gasteiger partial charge in [0, 0.05) is 11.5 Å². The zero-order chi connectivity index (χ0) is 14.5. The van der Waals surface area contributed by atoms with Gasteiger partial charge in [0.1, 0.15) is 0 Å². The van der Waals surface area contributed by atoms with E-state index in [1.807, 2.05) is 12.1 Å². The fraction of sp³-hybridized carbons (Fsp3) is 0.632. The molecular formula is C19H29Cl2NO. The minimum atomic E-state index is 0. The molecule has 1 aromatic carbocycles. The quantitative estimate of drug-likeness (QED) is 0.764. The van der Waals surface area contributed by atoms with Crippen LogP contribution in [0.4, 0.5) is 0 Å². The highest BCUT2D eigenvalue weighted by molar-refractivity contribution is 5.97. The minimum absolute atomic E-state index is 0. The maximum atomic E-state index is 12.5. The Hall–Kier alpha value is -0.570. The second kappa shape index (κ2) is 10.3. The van der Waals surface area contributed by atoms with Gasteiger partial charge in [-0.25, -0.2) is 0 Å². The zero-order valence-electron chi connectivity index (χ0n) is 13.8. The monoisotopic (exact) mass is 357 g/mol. The first kappa shape index (κ1) is 20.5. The van der Waals surface area contributed by atoms with Crippen molar-refractivity contribution in [1.29, 1.82) is 0 Å². The number of piperidine rings is 1. The summed E-state index contributed by atoms with van der Waals surface area (Å²) >= 11 is 0. The van der Waals surface area contributed by atoms with Crippen molar-refractivity contribution in [3.8, 4) is 0 Å². The normalized spacial score (nSPS) is 19.0. The number of nitrogens with one attached hydrogen (secondary N) is 1. The molecule has 2 nitrogen and oxygen atoms in total. The van der Waals surface area contributed by atoms with E-state index in [1.165, 1.54) is 44.1 Å². The van der Waals surface area contributed by atoms with Crippen LogP contribution in [0, 0.1) is 11.8 Å². The molecule has 0 bridgehead atoms. The van der Waals surface area contributed by atoms with Crippen LogP contribution in [0.15, 0.2) is 24.3 Å². The van der Waals surface area contributed by atoms with Gasteiger partial charge in [-0.3, -0.25) is 4.79 Å². The lowest BCUT2D eigenvalue weighted by molar-refractivity contribution is 0.0895. The van der Waals surface area contributed by atoms with Gasteiger partial charge in [0.2, 0.25) is 0 Å². The fourth-order valence-corrected chi connectivity index (χ4v) is 3.83. The highest BCUT2D eigenvalue weighted by Crippen LogP contribution is 2.28. The van der Waals surface area contributed by atoms with Crippen molar-refractivity contribution in [2.75, 3.05) is 13.1 Å². The summed E-state index contributed by atoms with van der Waals surface area (Å²) in [4.78, 5) is 12.5. The van der Waals surface area contributed by atoms with Gasteiger partial charge < -0.3 is 5.32 Å². The molecule has 23 heavy (non-hydrogen) atoms. The number of carbonyl (C=O) groups is 1. The largest absolute Gasteiger partial charge is 0.317 e. The lowest BCUT2D eigenvalue weighted by Gasteiger charge is -2.21. The third-order valence-electron chi connectivity index (χ3n) is 5.26. The molecule has 4 heteroatoms. The van der Waals surface area contributed by atoms with Gasteiger partial charge >= 0.3 is 0 Å². The van der Waals surface area contributed by atoms with E-state index in [9.17, 15) is 4.79 Å². The standard InChI is InChI=1S/C19H27NO.2ClH/c21-19(18-11-13-20-14-12-18)17-9-7-16(8-10-17)6-5-15-3-1-2-4-15;;/h7-10,15,18,20H,1-6,11-14H2;2*1H. The summed E-state index contributed by atoms with van der Waals surface area (Å²) in [5, 5.41) is 3.32. The summed E-state index contributed by atoms with van der Waals surface area (Å²) < 4.78 is 0. The van der Waals surface area contributed by atoms with Gasteiger partial charge in [0.15, 0.2) is 5.78 Å². The molecule has 1 heterocycles. The SMILES string of the molecule is Cl.Cl.O=C(c1ccc(CCC2CCCC2)cc1)C1CCNCC1. The lowest BCUT2D eigenvalue weighted by atomic mass is 9.89. The maximum absolute atomic E-state index is 12.5. The van der Waals surface area contributed by atoms with Crippen LogP contribution in [0.5, 0.6) is 0 Å². The third kappa shape index (κ3) is 5.77. The molecule has 0 aromatic heterocycles. The molecule has 0 spiro atoms. The van der Waals surface area contributed by atoms with Crippen LogP contribution in [0.1, 0.15) is 60.9 Å². The van der Waals surface area contributed by atoms with Crippen LogP contribution in [-0.2, 0) is 6.42 Å². The van der Waals surface area contributed by atoms with Crippen molar-refractivity contribution >= 4 is 30.6 Å². The number of Topliss-reactive ketones (excluding diaryl/α,β-unsaturated/α-hetero) is 1. The van der Waals surface area contributed by atoms with Gasteiger partial charge in [0.25, 0.3) is 0 Å². The Labute approximate surface area is 152 Å². The van der Waals surface area contributed by atoms with Crippen LogP contribution in [0.25, 0.3) is 0 Å². The van der Waals surface area contributed by atoms with Gasteiger partial charge in [-0.1, -0.05) is 49.9 Å². The Balaban J connectivity index is 0.00000132. The number of hydrogen-bond donors (Lipinski definition) is 1. The molecule has 1 N–H and O–H groups in total. The number of ketones is 1. The first-order valence-electron chi connectivity index (χ1n) is 8.67. The van der Waals surface area contributed by atoms with Gasteiger partial charge in [0.05, 0.1) is 0 Å². The number of halogens is 2. The molecule has 1 saturated heterocycles. The van der Waals surface area contributed by atoms with Gasteiger partial charge in [-0.05, 0) is 50.3 Å². The van der Waals surface area contributed by atoms with E-state index in [2.05, 4.69) is 17.4 Å².